The van der Waals surface area contributed by atoms with E-state index >= 15 is 0 Å². The zero-order chi connectivity index (χ0) is 20.3. The maximum Gasteiger partial charge on any atom is 0.414 e. The van der Waals surface area contributed by atoms with E-state index in [1.54, 1.807) is 22.9 Å². The van der Waals surface area contributed by atoms with Crippen LogP contribution in [0.4, 0.5) is 22.0 Å². The van der Waals surface area contributed by atoms with Crippen molar-refractivity contribution in [2.75, 3.05) is 35.3 Å². The summed E-state index contributed by atoms with van der Waals surface area (Å²) in [5, 5.41) is 6.86. The SMILES string of the molecule is CC.Cc1c(N2C[C@H](CNc3ccon3)OC2=O)ccc2c1CCC(=O)N2C.[HH]. The highest BCUT2D eigenvalue weighted by Crippen LogP contribution is 2.36. The lowest BCUT2D eigenvalue weighted by molar-refractivity contribution is -0.118. The molecule has 1 fully saturated rings. The van der Waals surface area contributed by atoms with E-state index in [4.69, 9.17) is 9.26 Å². The van der Waals surface area contributed by atoms with Crippen molar-refractivity contribution in [3.63, 3.8) is 0 Å². The van der Waals surface area contributed by atoms with Crippen molar-refractivity contribution in [1.82, 2.24) is 5.16 Å². The first kappa shape index (κ1) is 19.7. The number of cyclic esters (lactones) is 1. The van der Waals surface area contributed by atoms with Crippen LogP contribution < -0.4 is 15.1 Å². The summed E-state index contributed by atoms with van der Waals surface area (Å²) in [5.41, 5.74) is 3.88. The summed E-state index contributed by atoms with van der Waals surface area (Å²) in [6, 6.07) is 5.50. The number of anilines is 3. The van der Waals surface area contributed by atoms with E-state index in [-0.39, 0.29) is 19.5 Å². The van der Waals surface area contributed by atoms with Gasteiger partial charge in [0.2, 0.25) is 5.91 Å². The molecule has 2 aliphatic heterocycles. The van der Waals surface area contributed by atoms with Crippen LogP contribution in [0.25, 0.3) is 0 Å². The predicted octanol–water partition coefficient (Wildman–Crippen LogP) is 3.60. The van der Waals surface area contributed by atoms with Gasteiger partial charge < -0.3 is 19.5 Å². The van der Waals surface area contributed by atoms with Gasteiger partial charge in [0.25, 0.3) is 0 Å². The van der Waals surface area contributed by atoms with Crippen molar-refractivity contribution in [3.05, 3.63) is 35.6 Å². The first-order chi connectivity index (χ1) is 13.5. The number of ether oxygens (including phenoxy) is 1. The minimum atomic E-state index is -0.361. The summed E-state index contributed by atoms with van der Waals surface area (Å²) in [4.78, 5) is 27.6. The topological polar surface area (TPSA) is 87.9 Å². The third-order valence-corrected chi connectivity index (χ3v) is 4.98. The lowest BCUT2D eigenvalue weighted by atomic mass is 9.95. The van der Waals surface area contributed by atoms with Gasteiger partial charge in [0.1, 0.15) is 12.4 Å². The maximum atomic E-state index is 12.4. The van der Waals surface area contributed by atoms with E-state index in [2.05, 4.69) is 10.5 Å². The van der Waals surface area contributed by atoms with Crippen LogP contribution in [0.3, 0.4) is 0 Å². The smallest absolute Gasteiger partial charge is 0.414 e. The number of rotatable bonds is 4. The summed E-state index contributed by atoms with van der Waals surface area (Å²) >= 11 is 0. The molecule has 8 heteroatoms. The zero-order valence-corrected chi connectivity index (χ0v) is 16.7. The van der Waals surface area contributed by atoms with Crippen molar-refractivity contribution in [3.8, 4) is 0 Å². The van der Waals surface area contributed by atoms with Gasteiger partial charge in [-0.25, -0.2) is 4.79 Å². The molecule has 2 aliphatic rings. The van der Waals surface area contributed by atoms with Gasteiger partial charge in [0.05, 0.1) is 18.8 Å². The van der Waals surface area contributed by atoms with Crippen LogP contribution in [0.2, 0.25) is 0 Å². The quantitative estimate of drug-likeness (QED) is 0.861. The van der Waals surface area contributed by atoms with Crippen molar-refractivity contribution in [2.45, 2.75) is 39.7 Å². The van der Waals surface area contributed by atoms with E-state index in [0.29, 0.717) is 31.7 Å². The van der Waals surface area contributed by atoms with Crippen LogP contribution in [0, 0.1) is 6.92 Å². The second-order valence-electron chi connectivity index (χ2n) is 6.54. The van der Waals surface area contributed by atoms with Crippen LogP contribution >= 0.6 is 0 Å². The lowest BCUT2D eigenvalue weighted by Gasteiger charge is -2.29. The van der Waals surface area contributed by atoms with Gasteiger partial charge in [0.15, 0.2) is 5.82 Å². The molecule has 152 valence electrons. The van der Waals surface area contributed by atoms with E-state index in [0.717, 1.165) is 22.5 Å². The molecule has 1 aromatic heterocycles. The minimum absolute atomic E-state index is 0. The summed E-state index contributed by atoms with van der Waals surface area (Å²) in [7, 11) is 1.79. The fraction of sp³-hybridized carbons (Fsp3) is 0.450. The zero-order valence-electron chi connectivity index (χ0n) is 16.7. The maximum absolute atomic E-state index is 12.4. The van der Waals surface area contributed by atoms with Crippen LogP contribution in [0.15, 0.2) is 29.0 Å². The summed E-state index contributed by atoms with van der Waals surface area (Å²) < 4.78 is 10.2. The van der Waals surface area contributed by atoms with Crippen molar-refractivity contribution < 1.29 is 20.3 Å². The Hall–Kier alpha value is -3.03. The van der Waals surface area contributed by atoms with Gasteiger partial charge in [-0.15, -0.1) is 0 Å². The molecule has 2 aromatic rings. The van der Waals surface area contributed by atoms with Crippen LogP contribution in [-0.2, 0) is 16.0 Å². The Morgan fingerprint density at radius 1 is 1.21 bits per heavy atom. The Morgan fingerprint density at radius 3 is 2.68 bits per heavy atom. The number of amides is 2. The molecule has 3 heterocycles. The van der Waals surface area contributed by atoms with E-state index in [1.165, 1.54) is 6.26 Å². The monoisotopic (exact) mass is 388 g/mol. The Bertz CT molecular complexity index is 856. The Labute approximate surface area is 165 Å². The highest BCUT2D eigenvalue weighted by molar-refractivity contribution is 5.98. The van der Waals surface area contributed by atoms with Gasteiger partial charge in [-0.2, -0.15) is 0 Å². The lowest BCUT2D eigenvalue weighted by Crippen LogP contribution is -2.32. The fourth-order valence-corrected chi connectivity index (χ4v) is 3.53. The number of nitrogens with one attached hydrogen (secondary N) is 1. The average molecular weight is 388 g/mol. The fourth-order valence-electron chi connectivity index (χ4n) is 3.53. The van der Waals surface area contributed by atoms with Crippen molar-refractivity contribution >= 4 is 29.2 Å². The second-order valence-corrected chi connectivity index (χ2v) is 6.54. The Balaban J connectivity index is 0.000000970. The Kier molecular flexibility index (Phi) is 5.87. The normalized spacial score (nSPS) is 18.4. The molecule has 0 spiro atoms. The molecular weight excluding hydrogens is 360 g/mol. The summed E-state index contributed by atoms with van der Waals surface area (Å²) in [6.07, 6.45) is 2.02. The van der Waals surface area contributed by atoms with Gasteiger partial charge >= 0.3 is 6.09 Å². The minimum Gasteiger partial charge on any atom is -0.442 e. The number of hydrogen-bond acceptors (Lipinski definition) is 6. The van der Waals surface area contributed by atoms with E-state index in [9.17, 15) is 9.59 Å². The highest BCUT2D eigenvalue weighted by Gasteiger charge is 2.34. The number of aromatic nitrogens is 1. The average Bonchev–Trinajstić information content (AvgIpc) is 3.35. The molecule has 0 radical (unpaired) electrons. The highest BCUT2D eigenvalue weighted by atomic mass is 16.6. The molecule has 2 amide bonds. The van der Waals surface area contributed by atoms with Gasteiger partial charge in [-0.1, -0.05) is 19.0 Å². The summed E-state index contributed by atoms with van der Waals surface area (Å²) in [6.45, 7) is 6.90. The molecule has 8 nitrogen and oxygen atoms in total. The number of fused-ring (bicyclic) bond motifs is 1. The molecule has 0 bridgehead atoms. The van der Waals surface area contributed by atoms with E-state index in [1.807, 2.05) is 32.9 Å². The first-order valence-electron chi connectivity index (χ1n) is 9.56. The second kappa shape index (κ2) is 8.33. The number of carbonyl (C=O) groups is 2. The molecule has 0 aliphatic carbocycles. The molecule has 1 saturated heterocycles. The Morgan fingerprint density at radius 2 is 1.96 bits per heavy atom. The third kappa shape index (κ3) is 3.67. The van der Waals surface area contributed by atoms with Crippen LogP contribution in [0.5, 0.6) is 0 Å². The molecule has 28 heavy (non-hydrogen) atoms. The van der Waals surface area contributed by atoms with Crippen molar-refractivity contribution in [2.24, 2.45) is 0 Å². The van der Waals surface area contributed by atoms with Gasteiger partial charge in [-0.05, 0) is 36.6 Å². The molecular formula is C20H28N4O4. The number of benzene rings is 1. The standard InChI is InChI=1S/C18H20N4O4.C2H6.H2/c1-11-13-3-6-17(23)21(2)15(13)5-4-14(11)22-10-12(26-18(22)24)9-19-16-7-8-25-20-16;1-2;/h4-5,7-8,12H,3,6,9-10H2,1-2H3,(H,19,20);1-2H3;1H/t12-;;/m0../s1. The van der Waals surface area contributed by atoms with Crippen molar-refractivity contribution in [1.29, 1.82) is 0 Å². The largest absolute Gasteiger partial charge is 0.442 e. The number of nitrogens with zero attached hydrogens (tertiary/aromatic N) is 3. The van der Waals surface area contributed by atoms with E-state index < -0.39 is 0 Å². The predicted molar refractivity (Wildman–Crippen MR) is 109 cm³/mol. The summed E-state index contributed by atoms with van der Waals surface area (Å²) in [5.74, 6) is 0.724. The molecule has 0 unspecified atom stereocenters. The molecule has 4 rings (SSSR count). The van der Waals surface area contributed by atoms with Crippen LogP contribution in [-0.4, -0.2) is 43.4 Å². The van der Waals surface area contributed by atoms with Gasteiger partial charge in [0, 0.05) is 26.6 Å². The molecule has 1 atom stereocenters. The molecule has 0 saturated carbocycles. The third-order valence-electron chi connectivity index (χ3n) is 4.98. The van der Waals surface area contributed by atoms with Crippen LogP contribution in [0.1, 0.15) is 32.8 Å². The molecule has 1 aromatic carbocycles. The number of carbonyl (C=O) groups excluding carboxylic acids is 2. The number of hydrogen-bond donors (Lipinski definition) is 1. The van der Waals surface area contributed by atoms with Gasteiger partial charge in [-0.3, -0.25) is 9.69 Å². The first-order valence-corrected chi connectivity index (χ1v) is 9.56. The molecule has 1 N–H and O–H groups in total.